The fourth-order valence-corrected chi connectivity index (χ4v) is 4.03. The van der Waals surface area contributed by atoms with E-state index >= 15 is 0 Å². The first-order chi connectivity index (χ1) is 12.4. The van der Waals surface area contributed by atoms with Gasteiger partial charge in [0.25, 0.3) is 0 Å². The number of ether oxygens (including phenoxy) is 2. The van der Waals surface area contributed by atoms with Gasteiger partial charge in [0, 0.05) is 19.3 Å². The molecule has 140 valence electrons. The average molecular weight is 375 g/mol. The highest BCUT2D eigenvalue weighted by Crippen LogP contribution is 2.41. The van der Waals surface area contributed by atoms with Gasteiger partial charge in [0.05, 0.1) is 25.5 Å². The molecule has 0 aliphatic carbocycles. The van der Waals surface area contributed by atoms with E-state index in [0.717, 1.165) is 12.1 Å². The van der Waals surface area contributed by atoms with Crippen LogP contribution >= 0.6 is 0 Å². The molecule has 1 aliphatic heterocycles. The Morgan fingerprint density at radius 3 is 2.62 bits per heavy atom. The number of rotatable bonds is 7. The maximum atomic E-state index is 11.7. The lowest BCUT2D eigenvalue weighted by Gasteiger charge is -2.26. The quantitative estimate of drug-likeness (QED) is 0.744. The largest absolute Gasteiger partial charge is 0.493 e. The Balaban J connectivity index is 1.99. The first kappa shape index (κ1) is 18.7. The molecule has 0 saturated carbocycles. The Morgan fingerprint density at radius 2 is 1.92 bits per heavy atom. The summed E-state index contributed by atoms with van der Waals surface area (Å²) in [5, 5.41) is 0. The molecule has 1 aliphatic rings. The highest BCUT2D eigenvalue weighted by atomic mass is 32.2. The topological polar surface area (TPSA) is 55.8 Å². The van der Waals surface area contributed by atoms with Crippen LogP contribution in [0.3, 0.4) is 0 Å². The molecule has 0 N–H and O–H groups in total. The second-order valence-electron chi connectivity index (χ2n) is 6.55. The first-order valence-corrected chi connectivity index (χ1v) is 10.8. The van der Waals surface area contributed by atoms with Crippen LogP contribution in [0.5, 0.6) is 11.5 Å². The Bertz CT molecular complexity index is 879. The summed E-state index contributed by atoms with van der Waals surface area (Å²) in [6, 6.07) is 14.2. The second kappa shape index (κ2) is 7.68. The predicted octanol–water partition coefficient (Wildman–Crippen LogP) is 3.04. The summed E-state index contributed by atoms with van der Waals surface area (Å²) in [5.74, 6) is 1.55. The molecule has 6 heteroatoms. The van der Waals surface area contributed by atoms with E-state index in [1.54, 1.807) is 7.11 Å². The Labute approximate surface area is 155 Å². The molecule has 2 aromatic rings. The van der Waals surface area contributed by atoms with Crippen LogP contribution in [0, 0.1) is 0 Å². The summed E-state index contributed by atoms with van der Waals surface area (Å²) < 4.78 is 34.4. The van der Waals surface area contributed by atoms with Crippen molar-refractivity contribution in [3.63, 3.8) is 0 Å². The van der Waals surface area contributed by atoms with E-state index in [4.69, 9.17) is 9.47 Å². The third-order valence-corrected chi connectivity index (χ3v) is 5.56. The number of fused-ring (bicyclic) bond motifs is 1. The Hall–Kier alpha value is -2.05. The van der Waals surface area contributed by atoms with Crippen molar-refractivity contribution in [1.29, 1.82) is 0 Å². The van der Waals surface area contributed by atoms with Gasteiger partial charge in [0.1, 0.15) is 9.84 Å². The van der Waals surface area contributed by atoms with Crippen molar-refractivity contribution in [3.8, 4) is 11.5 Å². The highest BCUT2D eigenvalue weighted by molar-refractivity contribution is 7.90. The van der Waals surface area contributed by atoms with E-state index in [-0.39, 0.29) is 11.8 Å². The van der Waals surface area contributed by atoms with Crippen LogP contribution < -0.4 is 9.47 Å². The summed E-state index contributed by atoms with van der Waals surface area (Å²) >= 11 is 0. The third kappa shape index (κ3) is 4.02. The molecular weight excluding hydrogens is 350 g/mol. The van der Waals surface area contributed by atoms with Crippen LogP contribution in [0.1, 0.15) is 29.7 Å². The third-order valence-electron chi connectivity index (χ3n) is 4.64. The number of hydrogen-bond donors (Lipinski definition) is 0. The number of nitrogens with zero attached hydrogens (tertiary/aromatic N) is 1. The number of sulfone groups is 1. The summed E-state index contributed by atoms with van der Waals surface area (Å²) in [7, 11) is -1.39. The van der Waals surface area contributed by atoms with Gasteiger partial charge in [-0.3, -0.25) is 4.90 Å². The van der Waals surface area contributed by atoms with Gasteiger partial charge in [-0.15, -0.1) is 0 Å². The maximum Gasteiger partial charge on any atom is 0.161 e. The van der Waals surface area contributed by atoms with E-state index in [0.29, 0.717) is 24.7 Å². The van der Waals surface area contributed by atoms with E-state index in [1.807, 2.05) is 37.3 Å². The summed E-state index contributed by atoms with van der Waals surface area (Å²) in [6.45, 7) is 3.73. The molecule has 0 spiro atoms. The van der Waals surface area contributed by atoms with Crippen molar-refractivity contribution in [2.75, 3.05) is 32.3 Å². The minimum atomic E-state index is -3.02. The van der Waals surface area contributed by atoms with Crippen LogP contribution in [0.2, 0.25) is 0 Å². The second-order valence-corrected chi connectivity index (χ2v) is 8.80. The molecule has 1 heterocycles. The number of benzene rings is 2. The lowest BCUT2D eigenvalue weighted by Crippen LogP contribution is -2.28. The first-order valence-electron chi connectivity index (χ1n) is 8.73. The molecule has 1 unspecified atom stereocenters. The van der Waals surface area contributed by atoms with E-state index in [1.165, 1.54) is 17.4 Å². The fourth-order valence-electron chi connectivity index (χ4n) is 3.47. The lowest BCUT2D eigenvalue weighted by molar-refractivity contribution is 0.257. The standard InChI is InChI=1S/C20H25NO4S/c1-4-25-19-13-15(9-10-18(19)24-2)20-17-8-6-5-7-16(17)14-21(20)11-12-26(3,22)23/h5-10,13,20H,4,11-12,14H2,1-3H3. The van der Waals surface area contributed by atoms with Gasteiger partial charge in [-0.25, -0.2) is 8.42 Å². The van der Waals surface area contributed by atoms with Crippen molar-refractivity contribution in [3.05, 3.63) is 59.2 Å². The zero-order chi connectivity index (χ0) is 18.7. The van der Waals surface area contributed by atoms with Gasteiger partial charge in [0.2, 0.25) is 0 Å². The minimum Gasteiger partial charge on any atom is -0.493 e. The van der Waals surface area contributed by atoms with Crippen LogP contribution in [0.25, 0.3) is 0 Å². The zero-order valence-electron chi connectivity index (χ0n) is 15.4. The SMILES string of the molecule is CCOc1cc(C2c3ccccc3CN2CCS(C)(=O)=O)ccc1OC. The molecular formula is C20H25NO4S. The molecule has 0 aromatic heterocycles. The van der Waals surface area contributed by atoms with E-state index in [9.17, 15) is 8.42 Å². The van der Waals surface area contributed by atoms with E-state index < -0.39 is 9.84 Å². The molecule has 0 amide bonds. The van der Waals surface area contributed by atoms with Crippen LogP contribution in [-0.4, -0.2) is 45.6 Å². The lowest BCUT2D eigenvalue weighted by atomic mass is 9.97. The van der Waals surface area contributed by atoms with Crippen LogP contribution in [0.15, 0.2) is 42.5 Å². The number of methoxy groups -OCH3 is 1. The maximum absolute atomic E-state index is 11.7. The van der Waals surface area contributed by atoms with Gasteiger partial charge in [-0.2, -0.15) is 0 Å². The molecule has 3 rings (SSSR count). The van der Waals surface area contributed by atoms with Crippen molar-refractivity contribution < 1.29 is 17.9 Å². The normalized spacial score (nSPS) is 17.1. The molecule has 26 heavy (non-hydrogen) atoms. The van der Waals surface area contributed by atoms with Gasteiger partial charge in [0.15, 0.2) is 11.5 Å². The fraction of sp³-hybridized carbons (Fsp3) is 0.400. The van der Waals surface area contributed by atoms with Gasteiger partial charge >= 0.3 is 0 Å². The summed E-state index contributed by atoms with van der Waals surface area (Å²) in [5.41, 5.74) is 3.53. The van der Waals surface area contributed by atoms with Crippen molar-refractivity contribution >= 4 is 9.84 Å². The van der Waals surface area contributed by atoms with Crippen molar-refractivity contribution in [2.45, 2.75) is 19.5 Å². The highest BCUT2D eigenvalue weighted by Gasteiger charge is 2.32. The van der Waals surface area contributed by atoms with Crippen molar-refractivity contribution in [1.82, 2.24) is 4.90 Å². The predicted molar refractivity (Wildman–Crippen MR) is 103 cm³/mol. The number of hydrogen-bond acceptors (Lipinski definition) is 5. The summed E-state index contributed by atoms with van der Waals surface area (Å²) in [6.07, 6.45) is 1.28. The Morgan fingerprint density at radius 1 is 1.15 bits per heavy atom. The van der Waals surface area contributed by atoms with Gasteiger partial charge in [-0.05, 0) is 35.7 Å². The zero-order valence-corrected chi connectivity index (χ0v) is 16.3. The van der Waals surface area contributed by atoms with Crippen LogP contribution in [0.4, 0.5) is 0 Å². The molecule has 5 nitrogen and oxygen atoms in total. The van der Waals surface area contributed by atoms with Crippen LogP contribution in [-0.2, 0) is 16.4 Å². The minimum absolute atomic E-state index is 0.0121. The van der Waals surface area contributed by atoms with E-state index in [2.05, 4.69) is 17.0 Å². The molecule has 0 bridgehead atoms. The smallest absolute Gasteiger partial charge is 0.161 e. The molecule has 0 fully saturated rings. The van der Waals surface area contributed by atoms with Gasteiger partial charge in [-0.1, -0.05) is 30.3 Å². The monoisotopic (exact) mass is 375 g/mol. The average Bonchev–Trinajstić information content (AvgIpc) is 2.98. The molecule has 1 atom stereocenters. The molecule has 2 aromatic carbocycles. The van der Waals surface area contributed by atoms with Gasteiger partial charge < -0.3 is 9.47 Å². The summed E-state index contributed by atoms with van der Waals surface area (Å²) in [4.78, 5) is 2.21. The molecule has 0 radical (unpaired) electrons. The van der Waals surface area contributed by atoms with Crippen molar-refractivity contribution in [2.24, 2.45) is 0 Å². The molecule has 0 saturated heterocycles. The Kier molecular flexibility index (Phi) is 5.53.